The van der Waals surface area contributed by atoms with Crippen LogP contribution in [-0.2, 0) is 14.3 Å². The van der Waals surface area contributed by atoms with Gasteiger partial charge in [-0.15, -0.1) is 0 Å². The highest BCUT2D eigenvalue weighted by molar-refractivity contribution is 6.16. The number of hydrogen-bond donors (Lipinski definition) is 0. The van der Waals surface area contributed by atoms with Crippen LogP contribution in [0.2, 0.25) is 0 Å². The maximum atomic E-state index is 13.0. The Balaban J connectivity index is 2.54. The van der Waals surface area contributed by atoms with Crippen molar-refractivity contribution in [3.05, 3.63) is 52.5 Å². The van der Waals surface area contributed by atoms with E-state index in [1.165, 1.54) is 19.2 Å². The lowest BCUT2D eigenvalue weighted by Crippen LogP contribution is -2.31. The number of carbonyl (C=O) groups is 2. The standard InChI is InChI=1S/C17H18FNO3/c1-10(2)19-11(3)15(17(21)22-4)14(16(19)20)9-12-5-7-13(18)8-6-12/h5-10H,1-4H3/b14-9-. The predicted molar refractivity (Wildman–Crippen MR) is 81.1 cm³/mol. The number of benzene rings is 1. The molecule has 0 spiro atoms. The van der Waals surface area contributed by atoms with Crippen molar-refractivity contribution in [3.8, 4) is 0 Å². The second-order valence-electron chi connectivity index (χ2n) is 5.33. The van der Waals surface area contributed by atoms with Crippen LogP contribution in [-0.4, -0.2) is 29.9 Å². The fourth-order valence-electron chi connectivity index (χ4n) is 2.55. The fraction of sp³-hybridized carbons (Fsp3) is 0.294. The number of allylic oxidation sites excluding steroid dienone is 1. The van der Waals surface area contributed by atoms with E-state index in [0.717, 1.165) is 0 Å². The minimum atomic E-state index is -0.553. The van der Waals surface area contributed by atoms with Crippen molar-refractivity contribution in [2.24, 2.45) is 0 Å². The normalized spacial score (nSPS) is 16.9. The molecule has 1 aromatic rings. The van der Waals surface area contributed by atoms with Gasteiger partial charge in [-0.05, 0) is 44.5 Å². The van der Waals surface area contributed by atoms with E-state index in [1.807, 2.05) is 13.8 Å². The van der Waals surface area contributed by atoms with Crippen molar-refractivity contribution in [1.82, 2.24) is 4.90 Å². The Kier molecular flexibility index (Phi) is 4.45. The molecule has 0 unspecified atom stereocenters. The van der Waals surface area contributed by atoms with Crippen LogP contribution >= 0.6 is 0 Å². The van der Waals surface area contributed by atoms with E-state index < -0.39 is 5.97 Å². The second kappa shape index (κ2) is 6.13. The van der Waals surface area contributed by atoms with Crippen LogP contribution in [0.4, 0.5) is 4.39 Å². The summed E-state index contributed by atoms with van der Waals surface area (Å²) in [6, 6.07) is 5.64. The molecular formula is C17H18FNO3. The monoisotopic (exact) mass is 303 g/mol. The molecule has 0 saturated heterocycles. The lowest BCUT2D eigenvalue weighted by Gasteiger charge is -2.22. The van der Waals surface area contributed by atoms with E-state index in [-0.39, 0.29) is 28.9 Å². The van der Waals surface area contributed by atoms with Crippen molar-refractivity contribution >= 4 is 18.0 Å². The smallest absolute Gasteiger partial charge is 0.340 e. The number of esters is 1. The maximum absolute atomic E-state index is 13.0. The molecule has 1 aliphatic heterocycles. The number of ether oxygens (including phenoxy) is 1. The molecular weight excluding hydrogens is 285 g/mol. The molecule has 0 saturated carbocycles. The first-order valence-electron chi connectivity index (χ1n) is 6.97. The minimum absolute atomic E-state index is 0.0775. The molecule has 4 nitrogen and oxygen atoms in total. The maximum Gasteiger partial charge on any atom is 0.340 e. The van der Waals surface area contributed by atoms with Crippen molar-refractivity contribution in [2.45, 2.75) is 26.8 Å². The van der Waals surface area contributed by atoms with Crippen LogP contribution in [0.1, 0.15) is 26.3 Å². The zero-order valence-electron chi connectivity index (χ0n) is 13.0. The van der Waals surface area contributed by atoms with Crippen LogP contribution in [0, 0.1) is 5.82 Å². The molecule has 0 aliphatic carbocycles. The molecule has 1 heterocycles. The van der Waals surface area contributed by atoms with Gasteiger partial charge in [0.25, 0.3) is 5.91 Å². The van der Waals surface area contributed by atoms with Gasteiger partial charge >= 0.3 is 5.97 Å². The van der Waals surface area contributed by atoms with Gasteiger partial charge in [0, 0.05) is 11.7 Å². The van der Waals surface area contributed by atoms with E-state index in [4.69, 9.17) is 4.74 Å². The molecule has 22 heavy (non-hydrogen) atoms. The van der Waals surface area contributed by atoms with E-state index in [0.29, 0.717) is 11.3 Å². The summed E-state index contributed by atoms with van der Waals surface area (Å²) in [6.07, 6.45) is 1.58. The summed E-state index contributed by atoms with van der Waals surface area (Å²) in [6.45, 7) is 5.46. The second-order valence-corrected chi connectivity index (χ2v) is 5.33. The molecule has 1 amide bonds. The summed E-state index contributed by atoms with van der Waals surface area (Å²) in [4.78, 5) is 26.2. The first-order valence-corrected chi connectivity index (χ1v) is 6.97. The third-order valence-electron chi connectivity index (χ3n) is 3.53. The molecule has 5 heteroatoms. The van der Waals surface area contributed by atoms with Crippen LogP contribution < -0.4 is 0 Å². The Labute approximate surface area is 128 Å². The van der Waals surface area contributed by atoms with Crippen LogP contribution in [0.25, 0.3) is 6.08 Å². The van der Waals surface area contributed by atoms with Gasteiger partial charge in [0.1, 0.15) is 5.82 Å². The third kappa shape index (κ3) is 2.79. The van der Waals surface area contributed by atoms with Crippen molar-refractivity contribution in [2.75, 3.05) is 7.11 Å². The Morgan fingerprint density at radius 1 is 1.27 bits per heavy atom. The number of hydrogen-bond acceptors (Lipinski definition) is 3. The van der Waals surface area contributed by atoms with E-state index >= 15 is 0 Å². The molecule has 1 aromatic carbocycles. The highest BCUT2D eigenvalue weighted by Crippen LogP contribution is 2.32. The Hall–Kier alpha value is -2.43. The largest absolute Gasteiger partial charge is 0.465 e. The first kappa shape index (κ1) is 15.9. The highest BCUT2D eigenvalue weighted by Gasteiger charge is 2.38. The minimum Gasteiger partial charge on any atom is -0.465 e. The SMILES string of the molecule is COC(=O)C1=C(C)N(C(C)C)C(=O)/C1=C\c1ccc(F)cc1. The molecule has 2 rings (SSSR count). The summed E-state index contributed by atoms with van der Waals surface area (Å²) in [5, 5.41) is 0. The molecule has 0 fully saturated rings. The summed E-state index contributed by atoms with van der Waals surface area (Å²) < 4.78 is 17.8. The summed E-state index contributed by atoms with van der Waals surface area (Å²) >= 11 is 0. The van der Waals surface area contributed by atoms with E-state index in [2.05, 4.69) is 0 Å². The van der Waals surface area contributed by atoms with Gasteiger partial charge in [-0.2, -0.15) is 0 Å². The first-order chi connectivity index (χ1) is 10.4. The van der Waals surface area contributed by atoms with Gasteiger partial charge in [0.05, 0.1) is 18.3 Å². The lowest BCUT2D eigenvalue weighted by molar-refractivity contribution is -0.136. The molecule has 0 aromatic heterocycles. The molecule has 116 valence electrons. The Morgan fingerprint density at radius 2 is 1.86 bits per heavy atom. The number of carbonyl (C=O) groups excluding carboxylic acids is 2. The molecule has 0 radical (unpaired) electrons. The van der Waals surface area contributed by atoms with Crippen molar-refractivity contribution < 1.29 is 18.7 Å². The highest BCUT2D eigenvalue weighted by atomic mass is 19.1. The Morgan fingerprint density at radius 3 is 2.36 bits per heavy atom. The van der Waals surface area contributed by atoms with Gasteiger partial charge < -0.3 is 9.64 Å². The van der Waals surface area contributed by atoms with E-state index in [9.17, 15) is 14.0 Å². The van der Waals surface area contributed by atoms with Gasteiger partial charge in [-0.3, -0.25) is 4.79 Å². The molecule has 0 bridgehead atoms. The van der Waals surface area contributed by atoms with Crippen LogP contribution in [0.15, 0.2) is 41.1 Å². The number of rotatable bonds is 3. The van der Waals surface area contributed by atoms with Crippen LogP contribution in [0.5, 0.6) is 0 Å². The Bertz CT molecular complexity index is 672. The van der Waals surface area contributed by atoms with Crippen molar-refractivity contribution in [3.63, 3.8) is 0 Å². The van der Waals surface area contributed by atoms with Crippen LogP contribution in [0.3, 0.4) is 0 Å². The number of nitrogens with zero attached hydrogens (tertiary/aromatic N) is 1. The zero-order chi connectivity index (χ0) is 16.4. The van der Waals surface area contributed by atoms with Gasteiger partial charge in [-0.1, -0.05) is 12.1 Å². The van der Waals surface area contributed by atoms with E-state index in [1.54, 1.807) is 30.0 Å². The summed E-state index contributed by atoms with van der Waals surface area (Å²) in [7, 11) is 1.28. The average Bonchev–Trinajstić information content (AvgIpc) is 2.71. The molecule has 0 atom stereocenters. The third-order valence-corrected chi connectivity index (χ3v) is 3.53. The summed E-state index contributed by atoms with van der Waals surface area (Å²) in [5.41, 5.74) is 1.74. The zero-order valence-corrected chi connectivity index (χ0v) is 13.0. The summed E-state index contributed by atoms with van der Waals surface area (Å²) in [5.74, 6) is -1.16. The lowest BCUT2D eigenvalue weighted by atomic mass is 10.0. The molecule has 0 N–H and O–H groups in total. The van der Waals surface area contributed by atoms with Crippen molar-refractivity contribution in [1.29, 1.82) is 0 Å². The number of halogens is 1. The van der Waals surface area contributed by atoms with Gasteiger partial charge in [0.15, 0.2) is 0 Å². The number of methoxy groups -OCH3 is 1. The molecule has 1 aliphatic rings. The number of amides is 1. The fourth-order valence-corrected chi connectivity index (χ4v) is 2.55. The van der Waals surface area contributed by atoms with Gasteiger partial charge in [0.2, 0.25) is 0 Å². The quantitative estimate of drug-likeness (QED) is 0.637. The average molecular weight is 303 g/mol. The predicted octanol–water partition coefficient (Wildman–Crippen LogP) is 2.91. The van der Waals surface area contributed by atoms with Gasteiger partial charge in [-0.25, -0.2) is 9.18 Å². The topological polar surface area (TPSA) is 46.6 Å².